The van der Waals surface area contributed by atoms with E-state index in [-0.39, 0.29) is 66.2 Å². The van der Waals surface area contributed by atoms with Gasteiger partial charge in [-0.05, 0) is 24.3 Å². The van der Waals surface area contributed by atoms with Crippen molar-refractivity contribution < 1.29 is 18.3 Å². The van der Waals surface area contributed by atoms with Crippen molar-refractivity contribution in [2.24, 2.45) is 0 Å². The molecule has 4 aromatic rings. The number of carbonyl (C=O) groups excluding carboxylic acids is 1. The van der Waals surface area contributed by atoms with Crippen molar-refractivity contribution in [3.05, 3.63) is 95.6 Å². The minimum Gasteiger partial charge on any atom is -0.482 e. The number of aromatic nitrogens is 2. The van der Waals surface area contributed by atoms with E-state index in [4.69, 9.17) is 78.8 Å². The van der Waals surface area contributed by atoms with Crippen LogP contribution in [0.4, 0.5) is 10.2 Å². The molecule has 0 spiro atoms. The molecule has 2 aromatic carbocycles. The number of amides is 1. The quantitative estimate of drug-likeness (QED) is 0.171. The van der Waals surface area contributed by atoms with E-state index in [9.17, 15) is 9.18 Å². The molecule has 0 unspecified atom stereocenters. The molecule has 1 amide bonds. The van der Waals surface area contributed by atoms with E-state index >= 15 is 0 Å². The number of hydrogen-bond acceptors (Lipinski definition) is 4. The Labute approximate surface area is 228 Å². The fraction of sp³-hybridized carbons (Fsp3) is 0.0909. The monoisotopic (exact) mass is 595 g/mol. The zero-order valence-electron chi connectivity index (χ0n) is 17.2. The molecular formula is C22H12Cl6FN3O3. The molecule has 13 heteroatoms. The standard InChI is InChI=1S/C22H12Cl6FN3O3/c23-12-2-1-3-13(29)11(12)8-32-7-6-15(31-32)30-22(33)14-5-4-10(35-14)9-34-21-19(27)17(25)16(24)18(26)20(21)28/h1-7H,8-9H2,(H,30,31,33). The molecule has 0 bridgehead atoms. The van der Waals surface area contributed by atoms with Gasteiger partial charge in [0, 0.05) is 22.8 Å². The van der Waals surface area contributed by atoms with Crippen molar-refractivity contribution in [3.8, 4) is 5.75 Å². The average molecular weight is 598 g/mol. The molecule has 6 nitrogen and oxygen atoms in total. The summed E-state index contributed by atoms with van der Waals surface area (Å²) >= 11 is 36.4. The molecule has 0 aliphatic rings. The Hall–Kier alpha value is -2.13. The van der Waals surface area contributed by atoms with Crippen molar-refractivity contribution >= 4 is 81.3 Å². The summed E-state index contributed by atoms with van der Waals surface area (Å²) in [6, 6.07) is 8.95. The molecule has 0 radical (unpaired) electrons. The SMILES string of the molecule is O=C(Nc1ccn(Cc2c(F)cccc2Cl)n1)c1ccc(COc2c(Cl)c(Cl)c(Cl)c(Cl)c2Cl)o1. The normalized spacial score (nSPS) is 11.1. The molecule has 0 atom stereocenters. The van der Waals surface area contributed by atoms with Crippen LogP contribution in [0, 0.1) is 5.82 Å². The van der Waals surface area contributed by atoms with Crippen molar-refractivity contribution in [2.75, 3.05) is 5.32 Å². The van der Waals surface area contributed by atoms with Crippen LogP contribution in [0.3, 0.4) is 0 Å². The summed E-state index contributed by atoms with van der Waals surface area (Å²) in [5.41, 5.74) is 0.286. The predicted molar refractivity (Wildman–Crippen MR) is 135 cm³/mol. The third kappa shape index (κ3) is 5.66. The van der Waals surface area contributed by atoms with Crippen molar-refractivity contribution in [1.82, 2.24) is 9.78 Å². The number of hydrogen-bond donors (Lipinski definition) is 1. The van der Waals surface area contributed by atoms with Gasteiger partial charge in [0.25, 0.3) is 5.91 Å². The highest BCUT2D eigenvalue weighted by Gasteiger charge is 2.21. The first-order chi connectivity index (χ1) is 16.7. The largest absolute Gasteiger partial charge is 0.482 e. The minimum atomic E-state index is -0.556. The maximum atomic E-state index is 14.0. The first-order valence-corrected chi connectivity index (χ1v) is 11.9. The van der Waals surface area contributed by atoms with E-state index in [0.29, 0.717) is 5.76 Å². The molecule has 0 saturated carbocycles. The molecule has 0 aliphatic carbocycles. The van der Waals surface area contributed by atoms with Crippen LogP contribution >= 0.6 is 69.6 Å². The Kier molecular flexibility index (Phi) is 8.06. The smallest absolute Gasteiger partial charge is 0.292 e. The van der Waals surface area contributed by atoms with Crippen LogP contribution in [0.15, 0.2) is 47.0 Å². The van der Waals surface area contributed by atoms with Crippen LogP contribution < -0.4 is 10.1 Å². The predicted octanol–water partition coefficient (Wildman–Crippen LogP) is 8.42. The summed E-state index contributed by atoms with van der Waals surface area (Å²) in [7, 11) is 0. The number of anilines is 1. The number of nitrogens with zero attached hydrogens (tertiary/aromatic N) is 2. The highest BCUT2D eigenvalue weighted by atomic mass is 35.5. The summed E-state index contributed by atoms with van der Waals surface area (Å²) in [6.45, 7) is -0.0352. The Bertz CT molecular complexity index is 1370. The molecular weight excluding hydrogens is 586 g/mol. The maximum Gasteiger partial charge on any atom is 0.292 e. The molecule has 182 valence electrons. The first kappa shape index (κ1) is 25.9. The lowest BCUT2D eigenvalue weighted by Gasteiger charge is -2.12. The van der Waals surface area contributed by atoms with Crippen LogP contribution in [-0.4, -0.2) is 15.7 Å². The fourth-order valence-corrected chi connectivity index (χ4v) is 4.42. The van der Waals surface area contributed by atoms with Crippen molar-refractivity contribution in [3.63, 3.8) is 0 Å². The lowest BCUT2D eigenvalue weighted by atomic mass is 10.2. The first-order valence-electron chi connectivity index (χ1n) is 9.66. The van der Waals surface area contributed by atoms with Gasteiger partial charge in [-0.25, -0.2) is 4.39 Å². The van der Waals surface area contributed by atoms with Gasteiger partial charge in [-0.15, -0.1) is 0 Å². The van der Waals surface area contributed by atoms with E-state index in [0.717, 1.165) is 0 Å². The summed E-state index contributed by atoms with van der Waals surface area (Å²) in [5, 5.41) is 7.06. The van der Waals surface area contributed by atoms with Gasteiger partial charge in [-0.2, -0.15) is 5.10 Å². The van der Waals surface area contributed by atoms with Crippen LogP contribution in [0.25, 0.3) is 0 Å². The Morgan fingerprint density at radius 3 is 2.34 bits per heavy atom. The van der Waals surface area contributed by atoms with Gasteiger partial charge in [-0.1, -0.05) is 75.7 Å². The van der Waals surface area contributed by atoms with Crippen LogP contribution in [0.5, 0.6) is 5.75 Å². The fourth-order valence-electron chi connectivity index (χ4n) is 2.97. The van der Waals surface area contributed by atoms with E-state index < -0.39 is 11.7 Å². The zero-order chi connectivity index (χ0) is 25.3. The minimum absolute atomic E-state index is 0.000312. The van der Waals surface area contributed by atoms with E-state index in [1.807, 2.05) is 0 Å². The number of carbonyl (C=O) groups is 1. The van der Waals surface area contributed by atoms with Gasteiger partial charge >= 0.3 is 0 Å². The number of rotatable bonds is 7. The number of halogens is 7. The molecule has 0 fully saturated rings. The molecule has 2 heterocycles. The van der Waals surface area contributed by atoms with Gasteiger partial charge in [-0.3, -0.25) is 9.48 Å². The molecule has 0 aliphatic heterocycles. The molecule has 2 aromatic heterocycles. The van der Waals surface area contributed by atoms with E-state index in [1.54, 1.807) is 18.3 Å². The van der Waals surface area contributed by atoms with Crippen molar-refractivity contribution in [1.29, 1.82) is 0 Å². The van der Waals surface area contributed by atoms with Gasteiger partial charge < -0.3 is 14.5 Å². The molecule has 0 saturated heterocycles. The van der Waals surface area contributed by atoms with E-state index in [2.05, 4.69) is 10.4 Å². The topological polar surface area (TPSA) is 69.3 Å². The summed E-state index contributed by atoms with van der Waals surface area (Å²) in [4.78, 5) is 12.5. The number of furan rings is 1. The van der Waals surface area contributed by atoms with Gasteiger partial charge in [0.15, 0.2) is 17.3 Å². The van der Waals surface area contributed by atoms with Crippen LogP contribution in [0.2, 0.25) is 30.1 Å². The Morgan fingerprint density at radius 1 is 0.971 bits per heavy atom. The molecule has 1 N–H and O–H groups in total. The van der Waals surface area contributed by atoms with Crippen LogP contribution in [-0.2, 0) is 13.2 Å². The second kappa shape index (κ2) is 10.9. The number of ether oxygens (including phenoxy) is 1. The Balaban J connectivity index is 1.40. The second-order valence-electron chi connectivity index (χ2n) is 7.01. The summed E-state index contributed by atoms with van der Waals surface area (Å²) in [6.07, 6.45) is 1.58. The number of nitrogens with one attached hydrogen (secondary N) is 1. The zero-order valence-corrected chi connectivity index (χ0v) is 21.8. The lowest BCUT2D eigenvalue weighted by Crippen LogP contribution is -2.12. The third-order valence-corrected chi connectivity index (χ3v) is 7.27. The second-order valence-corrected chi connectivity index (χ2v) is 9.30. The van der Waals surface area contributed by atoms with Gasteiger partial charge in [0.2, 0.25) is 0 Å². The van der Waals surface area contributed by atoms with Gasteiger partial charge in [0.05, 0.1) is 21.6 Å². The van der Waals surface area contributed by atoms with Crippen LogP contribution in [0.1, 0.15) is 21.9 Å². The Morgan fingerprint density at radius 2 is 1.66 bits per heavy atom. The lowest BCUT2D eigenvalue weighted by molar-refractivity contribution is 0.0992. The maximum absolute atomic E-state index is 14.0. The highest BCUT2D eigenvalue weighted by molar-refractivity contribution is 6.55. The number of benzene rings is 2. The summed E-state index contributed by atoms with van der Waals surface area (Å²) in [5.74, 6) is -0.450. The summed E-state index contributed by atoms with van der Waals surface area (Å²) < 4.78 is 26.5. The average Bonchev–Trinajstić information content (AvgIpc) is 3.48. The molecule has 4 rings (SSSR count). The molecule has 35 heavy (non-hydrogen) atoms. The van der Waals surface area contributed by atoms with Crippen molar-refractivity contribution in [2.45, 2.75) is 13.2 Å². The highest BCUT2D eigenvalue weighted by Crippen LogP contribution is 2.48. The third-order valence-electron chi connectivity index (χ3n) is 4.68. The van der Waals surface area contributed by atoms with E-state index in [1.165, 1.54) is 28.9 Å². The van der Waals surface area contributed by atoms with Gasteiger partial charge in [0.1, 0.15) is 28.2 Å².